The third-order valence-corrected chi connectivity index (χ3v) is 5.66. The van der Waals surface area contributed by atoms with Crippen LogP contribution < -0.4 is 5.32 Å². The molecule has 0 spiro atoms. The summed E-state index contributed by atoms with van der Waals surface area (Å²) in [4.78, 5) is 30.8. The Kier molecular flexibility index (Phi) is 6.47. The SMILES string of the molecule is Cc1cc(-c2cc(C(=O)OC(C)C(=O)Nc3ccnn3C(C)C)c3cnn(C(C)C)c3n2)c(C)o1. The van der Waals surface area contributed by atoms with Gasteiger partial charge in [0.25, 0.3) is 5.91 Å². The van der Waals surface area contributed by atoms with Gasteiger partial charge >= 0.3 is 5.97 Å². The van der Waals surface area contributed by atoms with Crippen molar-refractivity contribution in [1.29, 1.82) is 0 Å². The molecule has 10 nitrogen and oxygen atoms in total. The number of nitrogens with one attached hydrogen (secondary N) is 1. The standard InChI is InChI=1S/C25H30N6O4/c1-13(2)30-22(8-9-26-30)29-24(32)17(7)35-25(33)19-11-21(18-10-15(5)34-16(18)6)28-23-20(19)12-27-31(23)14(3)4/h8-14,17H,1-7H3,(H,29,32). The molecule has 0 aromatic carbocycles. The lowest BCUT2D eigenvalue weighted by atomic mass is 10.1. The van der Waals surface area contributed by atoms with Gasteiger partial charge < -0.3 is 14.5 Å². The number of aryl methyl sites for hydroxylation is 2. The molecule has 1 atom stereocenters. The van der Waals surface area contributed by atoms with Gasteiger partial charge in [0.2, 0.25) is 0 Å². The first-order chi connectivity index (χ1) is 16.6. The van der Waals surface area contributed by atoms with E-state index in [2.05, 4.69) is 15.5 Å². The number of pyridine rings is 1. The average molecular weight is 479 g/mol. The molecule has 0 fully saturated rings. The normalized spacial score (nSPS) is 12.5. The Hall–Kier alpha value is -3.95. The molecule has 0 bridgehead atoms. The fraction of sp³-hybridized carbons (Fsp3) is 0.400. The maximum Gasteiger partial charge on any atom is 0.339 e. The van der Waals surface area contributed by atoms with Crippen LogP contribution in [0, 0.1) is 13.8 Å². The number of furan rings is 1. The summed E-state index contributed by atoms with van der Waals surface area (Å²) in [5, 5.41) is 12.0. The molecule has 4 aromatic rings. The van der Waals surface area contributed by atoms with Crippen LogP contribution in [0.3, 0.4) is 0 Å². The van der Waals surface area contributed by atoms with E-state index in [0.29, 0.717) is 28.3 Å². The van der Waals surface area contributed by atoms with Crippen molar-refractivity contribution >= 4 is 28.7 Å². The predicted octanol–water partition coefficient (Wildman–Crippen LogP) is 4.85. The van der Waals surface area contributed by atoms with E-state index in [0.717, 1.165) is 11.3 Å². The number of esters is 1. The highest BCUT2D eigenvalue weighted by molar-refractivity contribution is 6.05. The van der Waals surface area contributed by atoms with Crippen LogP contribution in [0.1, 0.15) is 68.6 Å². The topological polar surface area (TPSA) is 117 Å². The number of aromatic nitrogens is 5. The fourth-order valence-electron chi connectivity index (χ4n) is 3.92. The molecule has 0 aliphatic carbocycles. The second-order valence-electron chi connectivity index (χ2n) is 9.09. The number of anilines is 1. The minimum absolute atomic E-state index is 0.0295. The van der Waals surface area contributed by atoms with Gasteiger partial charge in [0.15, 0.2) is 11.8 Å². The van der Waals surface area contributed by atoms with Gasteiger partial charge in [-0.3, -0.25) is 4.79 Å². The van der Waals surface area contributed by atoms with Crippen LogP contribution >= 0.6 is 0 Å². The van der Waals surface area contributed by atoms with Crippen LogP contribution in [0.4, 0.5) is 5.82 Å². The number of ether oxygens (including phenoxy) is 1. The van der Waals surface area contributed by atoms with Gasteiger partial charge in [0, 0.05) is 23.7 Å². The predicted molar refractivity (Wildman–Crippen MR) is 131 cm³/mol. The fourth-order valence-corrected chi connectivity index (χ4v) is 3.92. The Morgan fingerprint density at radius 1 is 1.03 bits per heavy atom. The van der Waals surface area contributed by atoms with Crippen LogP contribution in [-0.2, 0) is 9.53 Å². The summed E-state index contributed by atoms with van der Waals surface area (Å²) in [7, 11) is 0. The van der Waals surface area contributed by atoms with Crippen molar-refractivity contribution in [2.45, 2.75) is 66.7 Å². The number of fused-ring (bicyclic) bond motifs is 1. The van der Waals surface area contributed by atoms with Gasteiger partial charge in [-0.25, -0.2) is 19.1 Å². The number of carbonyl (C=O) groups is 2. The van der Waals surface area contributed by atoms with Crippen LogP contribution in [-0.4, -0.2) is 42.5 Å². The zero-order chi connectivity index (χ0) is 25.4. The van der Waals surface area contributed by atoms with Gasteiger partial charge in [0.05, 0.1) is 29.0 Å². The van der Waals surface area contributed by atoms with Crippen molar-refractivity contribution in [3.8, 4) is 11.3 Å². The highest BCUT2D eigenvalue weighted by atomic mass is 16.5. The van der Waals surface area contributed by atoms with E-state index in [-0.39, 0.29) is 17.6 Å². The Bertz CT molecular complexity index is 1390. The largest absolute Gasteiger partial charge is 0.466 e. The minimum Gasteiger partial charge on any atom is -0.466 e. The number of carbonyl (C=O) groups excluding carboxylic acids is 2. The van der Waals surface area contributed by atoms with Crippen LogP contribution in [0.2, 0.25) is 0 Å². The summed E-state index contributed by atoms with van der Waals surface area (Å²) in [6.45, 7) is 13.1. The zero-order valence-electron chi connectivity index (χ0n) is 21.0. The van der Waals surface area contributed by atoms with E-state index < -0.39 is 18.0 Å². The van der Waals surface area contributed by atoms with Crippen molar-refractivity contribution in [2.75, 3.05) is 5.32 Å². The maximum atomic E-state index is 13.3. The van der Waals surface area contributed by atoms with Crippen molar-refractivity contribution in [2.24, 2.45) is 0 Å². The lowest BCUT2D eigenvalue weighted by molar-refractivity contribution is -0.123. The van der Waals surface area contributed by atoms with Gasteiger partial charge in [-0.05, 0) is 60.6 Å². The first-order valence-electron chi connectivity index (χ1n) is 11.6. The maximum absolute atomic E-state index is 13.3. The Morgan fingerprint density at radius 2 is 1.74 bits per heavy atom. The summed E-state index contributed by atoms with van der Waals surface area (Å²) in [6.07, 6.45) is 2.16. The second kappa shape index (κ2) is 9.36. The molecular formula is C25H30N6O4. The van der Waals surface area contributed by atoms with Crippen molar-refractivity contribution in [3.63, 3.8) is 0 Å². The second-order valence-corrected chi connectivity index (χ2v) is 9.09. The van der Waals surface area contributed by atoms with E-state index in [1.165, 1.54) is 6.92 Å². The Morgan fingerprint density at radius 3 is 2.37 bits per heavy atom. The summed E-state index contributed by atoms with van der Waals surface area (Å²) < 4.78 is 14.7. The summed E-state index contributed by atoms with van der Waals surface area (Å²) in [5.41, 5.74) is 2.18. The Labute approximate surface area is 203 Å². The van der Waals surface area contributed by atoms with Crippen LogP contribution in [0.5, 0.6) is 0 Å². The molecule has 0 aliphatic heterocycles. The molecule has 4 aromatic heterocycles. The molecular weight excluding hydrogens is 448 g/mol. The monoisotopic (exact) mass is 478 g/mol. The average Bonchev–Trinajstić information content (AvgIpc) is 3.50. The first kappa shape index (κ1) is 24.2. The number of nitrogens with zero attached hydrogens (tertiary/aromatic N) is 5. The van der Waals surface area contributed by atoms with Gasteiger partial charge in [-0.1, -0.05) is 0 Å². The molecule has 1 amide bonds. The molecule has 0 saturated heterocycles. The third kappa shape index (κ3) is 4.68. The van der Waals surface area contributed by atoms with Crippen LogP contribution in [0.25, 0.3) is 22.3 Å². The number of hydrogen-bond donors (Lipinski definition) is 1. The summed E-state index contributed by atoms with van der Waals surface area (Å²) in [6, 6.07) is 5.33. The van der Waals surface area contributed by atoms with E-state index in [1.54, 1.807) is 33.9 Å². The molecule has 4 rings (SSSR count). The molecule has 1 N–H and O–H groups in total. The molecule has 1 unspecified atom stereocenters. The van der Waals surface area contributed by atoms with E-state index >= 15 is 0 Å². The minimum atomic E-state index is -1.04. The smallest absolute Gasteiger partial charge is 0.339 e. The third-order valence-electron chi connectivity index (χ3n) is 5.66. The Balaban J connectivity index is 1.66. The van der Waals surface area contributed by atoms with Crippen LogP contribution in [0.15, 0.2) is 35.0 Å². The van der Waals surface area contributed by atoms with Crippen molar-refractivity contribution in [3.05, 3.63) is 47.7 Å². The highest BCUT2D eigenvalue weighted by Gasteiger charge is 2.25. The number of rotatable bonds is 7. The van der Waals surface area contributed by atoms with Gasteiger partial charge in [0.1, 0.15) is 17.3 Å². The van der Waals surface area contributed by atoms with Crippen molar-refractivity contribution in [1.82, 2.24) is 24.5 Å². The molecule has 35 heavy (non-hydrogen) atoms. The molecule has 0 aliphatic rings. The van der Waals surface area contributed by atoms with E-state index in [4.69, 9.17) is 14.1 Å². The van der Waals surface area contributed by atoms with E-state index in [9.17, 15) is 9.59 Å². The molecule has 0 saturated carbocycles. The molecule has 184 valence electrons. The summed E-state index contributed by atoms with van der Waals surface area (Å²) in [5.74, 6) is 0.876. The highest BCUT2D eigenvalue weighted by Crippen LogP contribution is 2.30. The summed E-state index contributed by atoms with van der Waals surface area (Å²) >= 11 is 0. The van der Waals surface area contributed by atoms with Crippen molar-refractivity contribution < 1.29 is 18.7 Å². The van der Waals surface area contributed by atoms with Gasteiger partial charge in [-0.15, -0.1) is 0 Å². The quantitative estimate of drug-likeness (QED) is 0.377. The first-order valence-corrected chi connectivity index (χ1v) is 11.6. The molecule has 10 heteroatoms. The van der Waals surface area contributed by atoms with Gasteiger partial charge in [-0.2, -0.15) is 10.2 Å². The number of amides is 1. The molecule has 4 heterocycles. The zero-order valence-corrected chi connectivity index (χ0v) is 21.0. The lowest BCUT2D eigenvalue weighted by Gasteiger charge is -2.16. The lowest BCUT2D eigenvalue weighted by Crippen LogP contribution is -2.31. The van der Waals surface area contributed by atoms with E-state index in [1.807, 2.05) is 47.6 Å². The molecule has 0 radical (unpaired) electrons. The number of hydrogen-bond acceptors (Lipinski definition) is 7.